The van der Waals surface area contributed by atoms with E-state index in [1.165, 1.54) is 0 Å². The van der Waals surface area contributed by atoms with Crippen LogP contribution < -0.4 is 5.32 Å². The van der Waals surface area contributed by atoms with Gasteiger partial charge >= 0.3 is 0 Å². The molecule has 0 bridgehead atoms. The molecule has 0 unspecified atom stereocenters. The fraction of sp³-hybridized carbons (Fsp3) is 0.409. The maximum atomic E-state index is 13.1. The van der Waals surface area contributed by atoms with Crippen LogP contribution in [0.3, 0.4) is 0 Å². The van der Waals surface area contributed by atoms with Crippen LogP contribution in [-0.4, -0.2) is 49.9 Å². The number of nitrogens with one attached hydrogen (secondary N) is 1. The molecule has 3 heterocycles. The lowest BCUT2D eigenvalue weighted by Crippen LogP contribution is -2.41. The number of nitrogens with zero attached hydrogens (tertiary/aromatic N) is 5. The summed E-state index contributed by atoms with van der Waals surface area (Å²) in [4.78, 5) is 27.2. The van der Waals surface area contributed by atoms with E-state index >= 15 is 0 Å². The van der Waals surface area contributed by atoms with Gasteiger partial charge in [0.1, 0.15) is 11.4 Å². The van der Waals surface area contributed by atoms with Gasteiger partial charge in [0, 0.05) is 25.2 Å². The van der Waals surface area contributed by atoms with Gasteiger partial charge in [0.25, 0.3) is 5.91 Å². The molecule has 2 amide bonds. The molecule has 0 aliphatic carbocycles. The average molecular weight is 422 g/mol. The highest BCUT2D eigenvalue weighted by Gasteiger charge is 2.27. The van der Waals surface area contributed by atoms with Crippen LogP contribution in [0.5, 0.6) is 0 Å². The van der Waals surface area contributed by atoms with Crippen molar-refractivity contribution in [2.24, 2.45) is 5.92 Å². The Morgan fingerprint density at radius 3 is 2.74 bits per heavy atom. The van der Waals surface area contributed by atoms with Crippen molar-refractivity contribution in [2.45, 2.75) is 39.7 Å². The van der Waals surface area contributed by atoms with E-state index in [2.05, 4.69) is 25.4 Å². The summed E-state index contributed by atoms with van der Waals surface area (Å²) < 4.78 is 6.43. The molecule has 31 heavy (non-hydrogen) atoms. The zero-order valence-corrected chi connectivity index (χ0v) is 17.7. The maximum Gasteiger partial charge on any atom is 0.274 e. The second kappa shape index (κ2) is 9.11. The minimum Gasteiger partial charge on any atom is -0.350 e. The normalized spacial score (nSPS) is 16.3. The first-order chi connectivity index (χ1) is 15.0. The highest BCUT2D eigenvalue weighted by molar-refractivity contribution is 5.92. The standard InChI is InChI=1S/C22H26N6O3/c1-15-11-19(24-28(15)18-8-4-3-5-9-18)22(30)27-10-6-7-17(14-27)12-21(29)23-13-20-16(2)25-31-26-20/h3-5,8-9,11,17H,6-7,10,12-14H2,1-2H3,(H,23,29)/t17-/m1/s1. The number of carbonyl (C=O) groups is 2. The maximum absolute atomic E-state index is 13.1. The average Bonchev–Trinajstić information content (AvgIpc) is 3.37. The van der Waals surface area contributed by atoms with Crippen molar-refractivity contribution >= 4 is 11.8 Å². The highest BCUT2D eigenvalue weighted by atomic mass is 16.6. The molecule has 2 aromatic heterocycles. The molecule has 9 nitrogen and oxygen atoms in total. The van der Waals surface area contributed by atoms with Crippen molar-refractivity contribution in [3.05, 3.63) is 59.2 Å². The van der Waals surface area contributed by atoms with Gasteiger partial charge in [0.15, 0.2) is 5.69 Å². The first-order valence-corrected chi connectivity index (χ1v) is 10.5. The van der Waals surface area contributed by atoms with Gasteiger partial charge in [-0.3, -0.25) is 9.59 Å². The number of rotatable bonds is 6. The van der Waals surface area contributed by atoms with Gasteiger partial charge in [-0.1, -0.05) is 28.5 Å². The minimum absolute atomic E-state index is 0.0640. The number of carbonyl (C=O) groups excluding carboxylic acids is 2. The van der Waals surface area contributed by atoms with Gasteiger partial charge in [-0.2, -0.15) is 5.10 Å². The zero-order valence-electron chi connectivity index (χ0n) is 17.7. The summed E-state index contributed by atoms with van der Waals surface area (Å²) in [7, 11) is 0. The van der Waals surface area contributed by atoms with Crippen LogP contribution >= 0.6 is 0 Å². The molecule has 1 aliphatic heterocycles. The monoisotopic (exact) mass is 422 g/mol. The van der Waals surface area contributed by atoms with Crippen molar-refractivity contribution in [2.75, 3.05) is 13.1 Å². The van der Waals surface area contributed by atoms with E-state index in [0.717, 1.165) is 24.2 Å². The summed E-state index contributed by atoms with van der Waals surface area (Å²) >= 11 is 0. The SMILES string of the molecule is Cc1nonc1CNC(=O)C[C@H]1CCCN(C(=O)c2cc(C)n(-c3ccccc3)n2)C1. The number of hydrogen-bond acceptors (Lipinski definition) is 6. The molecule has 0 spiro atoms. The molecule has 162 valence electrons. The predicted octanol–water partition coefficient (Wildman–Crippen LogP) is 2.43. The lowest BCUT2D eigenvalue weighted by Gasteiger charge is -2.32. The molecule has 4 rings (SSSR count). The second-order valence-electron chi connectivity index (χ2n) is 7.95. The molecule has 1 saturated heterocycles. The Morgan fingerprint density at radius 2 is 2.00 bits per heavy atom. The number of benzene rings is 1. The molecule has 1 aromatic carbocycles. The van der Waals surface area contributed by atoms with E-state index in [1.54, 1.807) is 11.6 Å². The fourth-order valence-electron chi connectivity index (χ4n) is 3.91. The Labute approximate surface area is 180 Å². The molecule has 0 radical (unpaired) electrons. The second-order valence-corrected chi connectivity index (χ2v) is 7.95. The molecular weight excluding hydrogens is 396 g/mol. The van der Waals surface area contributed by atoms with Crippen molar-refractivity contribution in [3.63, 3.8) is 0 Å². The number of aryl methyl sites for hydroxylation is 2. The largest absolute Gasteiger partial charge is 0.350 e. The lowest BCUT2D eigenvalue weighted by molar-refractivity contribution is -0.122. The quantitative estimate of drug-likeness (QED) is 0.654. The summed E-state index contributed by atoms with van der Waals surface area (Å²) in [5.41, 5.74) is 3.54. The number of likely N-dealkylation sites (tertiary alicyclic amines) is 1. The van der Waals surface area contributed by atoms with Crippen molar-refractivity contribution in [1.82, 2.24) is 30.3 Å². The van der Waals surface area contributed by atoms with Gasteiger partial charge in [0.05, 0.1) is 12.2 Å². The molecule has 1 atom stereocenters. The third-order valence-electron chi connectivity index (χ3n) is 5.59. The van der Waals surface area contributed by atoms with Crippen LogP contribution in [0, 0.1) is 19.8 Å². The Morgan fingerprint density at radius 1 is 1.19 bits per heavy atom. The Balaban J connectivity index is 1.35. The fourth-order valence-corrected chi connectivity index (χ4v) is 3.91. The number of piperidine rings is 1. The Kier molecular flexibility index (Phi) is 6.11. The van der Waals surface area contributed by atoms with Crippen molar-refractivity contribution in [3.8, 4) is 5.69 Å². The molecule has 9 heteroatoms. The van der Waals surface area contributed by atoms with E-state index in [-0.39, 0.29) is 17.7 Å². The molecule has 1 N–H and O–H groups in total. The summed E-state index contributed by atoms with van der Waals surface area (Å²) in [6, 6.07) is 11.6. The van der Waals surface area contributed by atoms with Gasteiger partial charge in [-0.25, -0.2) is 9.31 Å². The van der Waals surface area contributed by atoms with Crippen LogP contribution in [0.25, 0.3) is 5.69 Å². The van der Waals surface area contributed by atoms with Gasteiger partial charge in [0.2, 0.25) is 5.91 Å². The summed E-state index contributed by atoms with van der Waals surface area (Å²) in [6.45, 7) is 5.24. The van der Waals surface area contributed by atoms with Crippen molar-refractivity contribution < 1.29 is 14.2 Å². The van der Waals surface area contributed by atoms with Crippen LogP contribution in [0.4, 0.5) is 0 Å². The Bertz CT molecular complexity index is 1060. The molecule has 1 aliphatic rings. The van der Waals surface area contributed by atoms with Crippen molar-refractivity contribution in [1.29, 1.82) is 0 Å². The van der Waals surface area contributed by atoms with E-state index in [1.807, 2.05) is 48.2 Å². The van der Waals surface area contributed by atoms with Crippen LogP contribution in [0.2, 0.25) is 0 Å². The van der Waals surface area contributed by atoms with Crippen LogP contribution in [0.1, 0.15) is 46.8 Å². The van der Waals surface area contributed by atoms with E-state index in [0.29, 0.717) is 43.1 Å². The van der Waals surface area contributed by atoms with Gasteiger partial charge in [-0.15, -0.1) is 0 Å². The van der Waals surface area contributed by atoms with Crippen LogP contribution in [0.15, 0.2) is 41.0 Å². The highest BCUT2D eigenvalue weighted by Crippen LogP contribution is 2.22. The number of para-hydroxylation sites is 1. The molecule has 1 fully saturated rings. The van der Waals surface area contributed by atoms with E-state index in [4.69, 9.17) is 0 Å². The Hall–Kier alpha value is -3.49. The van der Waals surface area contributed by atoms with Crippen LogP contribution in [-0.2, 0) is 11.3 Å². The minimum atomic E-state index is -0.0906. The molecule has 3 aromatic rings. The van der Waals surface area contributed by atoms with Gasteiger partial charge in [-0.05, 0) is 50.8 Å². The lowest BCUT2D eigenvalue weighted by atomic mass is 9.94. The third-order valence-corrected chi connectivity index (χ3v) is 5.59. The first kappa shape index (κ1) is 20.8. The number of amides is 2. The number of aromatic nitrogens is 4. The first-order valence-electron chi connectivity index (χ1n) is 10.5. The van der Waals surface area contributed by atoms with E-state index < -0.39 is 0 Å². The predicted molar refractivity (Wildman–Crippen MR) is 112 cm³/mol. The number of hydrogen-bond donors (Lipinski definition) is 1. The summed E-state index contributed by atoms with van der Waals surface area (Å²) in [5.74, 6) is -0.0374. The molecule has 0 saturated carbocycles. The zero-order chi connectivity index (χ0) is 21.8. The van der Waals surface area contributed by atoms with Gasteiger partial charge < -0.3 is 10.2 Å². The molecular formula is C22H26N6O3. The third kappa shape index (κ3) is 4.82. The van der Waals surface area contributed by atoms with E-state index in [9.17, 15) is 9.59 Å². The summed E-state index contributed by atoms with van der Waals surface area (Å²) in [5, 5.41) is 14.9. The smallest absolute Gasteiger partial charge is 0.274 e. The summed E-state index contributed by atoms with van der Waals surface area (Å²) in [6.07, 6.45) is 2.15. The topological polar surface area (TPSA) is 106 Å².